The Kier molecular flexibility index (Phi) is 38.1. The van der Waals surface area contributed by atoms with Gasteiger partial charge in [-0.25, -0.2) is 0 Å². The van der Waals surface area contributed by atoms with E-state index >= 15 is 0 Å². The Morgan fingerprint density at radius 1 is 0.376 bits per heavy atom. The third-order valence-corrected chi connectivity index (χ3v) is 22.3. The number of ether oxygens (including phenoxy) is 18. The monoisotopic (exact) mass is 1830 g/mol. The van der Waals surface area contributed by atoms with Crippen molar-refractivity contribution in [2.75, 3.05) is 72.7 Å². The van der Waals surface area contributed by atoms with Crippen molar-refractivity contribution in [2.24, 2.45) is 0 Å². The second-order valence-electron chi connectivity index (χ2n) is 31.0. The van der Waals surface area contributed by atoms with Crippen molar-refractivity contribution in [1.29, 1.82) is 0 Å². The molecule has 0 bridgehead atoms. The van der Waals surface area contributed by atoms with Gasteiger partial charge in [-0.15, -0.1) is 0 Å². The minimum Gasteiger partial charge on any atom is -0.544 e. The van der Waals surface area contributed by atoms with Gasteiger partial charge in [-0.3, -0.25) is 24.0 Å². The molecule has 0 spiro atoms. The highest BCUT2D eigenvalue weighted by molar-refractivity contribution is 5.76. The Hall–Kier alpha value is -4.94. The Balaban J connectivity index is 1.00. The van der Waals surface area contributed by atoms with E-state index in [1.54, 1.807) is 0 Å². The molecule has 9 fully saturated rings. The van der Waals surface area contributed by atoms with Crippen LogP contribution >= 0.6 is 0 Å². The first-order valence-electron chi connectivity index (χ1n) is 39.5. The van der Waals surface area contributed by atoms with E-state index in [0.717, 1.165) is 27.7 Å². The molecule has 0 saturated carbocycles. The fourth-order valence-corrected chi connectivity index (χ4v) is 15.8. The summed E-state index contributed by atoms with van der Waals surface area (Å²) in [6.45, 7) is -8.02. The van der Waals surface area contributed by atoms with Crippen LogP contribution in [-0.2, 0) is 114 Å². The first-order chi connectivity index (χ1) is 59.1. The molecule has 125 heavy (non-hydrogen) atoms. The Labute approximate surface area is 707 Å². The summed E-state index contributed by atoms with van der Waals surface area (Å²) in [5, 5.41) is 314. The molecule has 56 heteroatoms. The smallest absolute Gasteiger partial charge is 0.217 e. The summed E-state index contributed by atoms with van der Waals surface area (Å²) in [6, 6.07) is -8.88. The summed E-state index contributed by atoms with van der Waals surface area (Å²) in [6.07, 6.45) is -89.3. The molecule has 5 amide bonds. The minimum absolute atomic E-state index is 0.236. The van der Waals surface area contributed by atoms with Crippen molar-refractivity contribution >= 4 is 36.0 Å². The largest absolute Gasteiger partial charge is 0.544 e. The number of rotatable bonds is 38. The van der Waals surface area contributed by atoms with Gasteiger partial charge in [0.2, 0.25) is 35.8 Å². The number of carbonyl (C=O) groups excluding carboxylic acids is 6. The molecule has 0 aromatic carbocycles. The van der Waals surface area contributed by atoms with Crippen LogP contribution in [0.4, 0.5) is 0 Å². The number of aliphatic hydroxyl groups excluding tert-OH is 26. The first kappa shape index (κ1) is 104. The molecular weight excluding hydrogens is 1710 g/mol. The number of carboxylic acids is 1. The van der Waals surface area contributed by atoms with E-state index < -0.39 is 396 Å². The molecule has 0 aliphatic carbocycles. The highest BCUT2D eigenvalue weighted by Crippen LogP contribution is 2.42. The summed E-state index contributed by atoms with van der Waals surface area (Å²) in [7, 11) is 0. The first-order valence-corrected chi connectivity index (χ1v) is 39.5. The lowest BCUT2D eigenvalue weighted by Crippen LogP contribution is -2.72. The van der Waals surface area contributed by atoms with Gasteiger partial charge in [-0.1, -0.05) is 0 Å². The van der Waals surface area contributed by atoms with Gasteiger partial charge in [-0.2, -0.15) is 0 Å². The van der Waals surface area contributed by atoms with Crippen LogP contribution in [0, 0.1) is 0 Å². The van der Waals surface area contributed by atoms with E-state index in [4.69, 9.17) is 85.3 Å². The van der Waals surface area contributed by atoms with Crippen LogP contribution in [0.1, 0.15) is 34.1 Å². The second-order valence-corrected chi connectivity index (χ2v) is 31.0. The summed E-state index contributed by atoms with van der Waals surface area (Å²) in [5.74, 6) is -9.73. The molecule has 9 saturated heterocycles. The van der Waals surface area contributed by atoms with Gasteiger partial charge < -0.3 is 255 Å². The van der Waals surface area contributed by atoms with Crippen molar-refractivity contribution < 1.29 is 252 Å². The number of nitrogens with one attached hydrogen (secondary N) is 5. The zero-order chi connectivity index (χ0) is 92.4. The number of aliphatic carboxylic acids is 1. The molecule has 47 atom stereocenters. The van der Waals surface area contributed by atoms with Crippen LogP contribution in [0.2, 0.25) is 0 Å². The van der Waals surface area contributed by atoms with Crippen LogP contribution in [0.5, 0.6) is 0 Å². The molecule has 722 valence electrons. The van der Waals surface area contributed by atoms with Gasteiger partial charge in [0.05, 0.1) is 90.9 Å². The van der Waals surface area contributed by atoms with Crippen LogP contribution in [0.25, 0.3) is 0 Å². The maximum atomic E-state index is 13.2. The van der Waals surface area contributed by atoms with Crippen LogP contribution in [-0.4, -0.2) is 529 Å². The van der Waals surface area contributed by atoms with Gasteiger partial charge in [0.25, 0.3) is 0 Å². The number of aliphatic hydroxyl groups is 26. The molecule has 9 aliphatic heterocycles. The zero-order valence-electron chi connectivity index (χ0n) is 67.0. The third kappa shape index (κ3) is 23.6. The summed E-state index contributed by atoms with van der Waals surface area (Å²) < 4.78 is 106. The predicted octanol–water partition coefficient (Wildman–Crippen LogP) is -23.1. The lowest BCUT2D eigenvalue weighted by Gasteiger charge is -2.52. The Morgan fingerprint density at radius 3 is 1.11 bits per heavy atom. The van der Waals surface area contributed by atoms with Crippen molar-refractivity contribution in [1.82, 2.24) is 26.6 Å². The standard InChI is InChI=1S/C69H115N5O51/c1-18(85)71-33-23(89)5-69(68(106)107,124-56(33)37(91)24(90)7-76)125-59-40(94)27(10-79)112-67(51(59)105)120-52-28(11-80)113-60(34(42(52)96)72-19(2)86)109-16-32-41(95)58(123-62-35(73-20(3)87)43(97)53(29(12-81)114-62)118-64-47(101)45(99)38(92)25(8-77)110-64)50(104)66(117-32)119-54-30(13-82)115-61(36(44(54)98)74-21(4)88)122-57-39(93)26(9-78)111-65(49(57)103)121-55-31(14-83)116-63(48(102)46(55)100)108-15-22(6-75)70-17-84/h17,22-67,75-83,89-105H,5-16H2,1-4H3,(H,70,84)(H,71,85)(H,72,86)(H,73,87)(H,74,88)(H,106,107)/p-1/t22-,23+,24-,25-,26-,27-,28-,29-,30-,31-,32-,33-,34-,35-,36-,37-,38+,39+,40+,41+,42-,43-,44-,45+,46-,47-,48-,49-,50-,51-,52-,53-,54-,55-,56-,57+,58+,59+,60-,61+,62-,63-,64+,65+,66+,67+,69+/m1/s1. The molecule has 0 aromatic heterocycles. The van der Waals surface area contributed by atoms with Crippen molar-refractivity contribution in [2.45, 2.75) is 322 Å². The SMILES string of the molecule is CC(=O)N[C@H]1[C@@H](O[C@H]2[C@@H](O)[C@@H](CO[C@@H]3O[C@H](CO)[C@@H](O[C@@H]4O[C@H](CO)[C@H](O)[C@H](O[C@]5(C(=O)[O-])C[C@H](O)[C@@H](NC(C)=O)[C@H]([C@H](O)[C@H](O)CO)O5)[C@H]4O)[C@H](O)[C@H]3NC(C)=O)O[C@@H](O[C@H]3[C@H](O)[C@@H](NC(C)=O)[C@H](O[C@H]4[C@@H](O)[C@@H](CO)O[C@@H](O[C@H]5[C@H](O)[C@@H](O)[C@H](OC[C@@H](CO)NC=O)O[C@@H]5CO)[C@@H]4O)O[C@@H]3CO)[C@@H]2O)O[C@H](CO)[C@@H](O[C@@H]2O[C@H](CO)[C@H](O)[C@H](O)[C@H]2O)[C@@H]1O. The van der Waals surface area contributed by atoms with E-state index in [1.807, 2.05) is 0 Å². The average Bonchev–Trinajstić information content (AvgIpc) is 0.754. The molecular formula is C69H114N5O51-. The average molecular weight is 1830 g/mol. The number of hydrogen-bond acceptors (Lipinski definition) is 51. The fourth-order valence-electron chi connectivity index (χ4n) is 15.8. The summed E-state index contributed by atoms with van der Waals surface area (Å²) in [4.78, 5) is 75.8. The lowest BCUT2D eigenvalue weighted by atomic mass is 9.88. The number of hydrogen-bond donors (Lipinski definition) is 31. The van der Waals surface area contributed by atoms with Crippen molar-refractivity contribution in [3.05, 3.63) is 0 Å². The summed E-state index contributed by atoms with van der Waals surface area (Å²) in [5.41, 5.74) is 0. The van der Waals surface area contributed by atoms with E-state index in [-0.39, 0.29) is 6.41 Å². The maximum Gasteiger partial charge on any atom is 0.217 e. The van der Waals surface area contributed by atoms with Crippen LogP contribution in [0.3, 0.4) is 0 Å². The highest BCUT2D eigenvalue weighted by atomic mass is 16.8. The maximum absolute atomic E-state index is 13.2. The Bertz CT molecular complexity index is 3400. The van der Waals surface area contributed by atoms with Crippen molar-refractivity contribution in [3.8, 4) is 0 Å². The lowest BCUT2D eigenvalue weighted by molar-refractivity contribution is -0.411. The second kappa shape index (κ2) is 45.9. The molecule has 9 aliphatic rings. The van der Waals surface area contributed by atoms with E-state index in [9.17, 15) is 167 Å². The molecule has 0 aromatic rings. The van der Waals surface area contributed by atoms with Gasteiger partial charge in [-0.05, 0) is 0 Å². The van der Waals surface area contributed by atoms with Crippen LogP contribution in [0.15, 0.2) is 0 Å². The predicted molar refractivity (Wildman–Crippen MR) is 382 cm³/mol. The van der Waals surface area contributed by atoms with E-state index in [1.165, 1.54) is 0 Å². The molecule has 31 N–H and O–H groups in total. The number of carbonyl (C=O) groups is 6. The molecule has 56 nitrogen and oxygen atoms in total. The molecule has 0 radical (unpaired) electrons. The van der Waals surface area contributed by atoms with Gasteiger partial charge >= 0.3 is 0 Å². The quantitative estimate of drug-likeness (QED) is 0.0255. The fraction of sp³-hybridized carbons (Fsp3) is 0.913. The van der Waals surface area contributed by atoms with Gasteiger partial charge in [0.15, 0.2) is 50.3 Å². The van der Waals surface area contributed by atoms with Crippen LogP contribution < -0.4 is 31.7 Å². The van der Waals surface area contributed by atoms with E-state index in [2.05, 4.69) is 26.6 Å². The summed E-state index contributed by atoms with van der Waals surface area (Å²) >= 11 is 0. The number of amides is 5. The topological polar surface area (TPSA) is 878 Å². The zero-order valence-corrected chi connectivity index (χ0v) is 67.0. The normalized spacial score (nSPS) is 45.8. The minimum atomic E-state index is -3.41. The Morgan fingerprint density at radius 2 is 0.712 bits per heavy atom. The van der Waals surface area contributed by atoms with Gasteiger partial charge in [0.1, 0.15) is 219 Å². The van der Waals surface area contributed by atoms with E-state index in [0.29, 0.717) is 0 Å². The highest BCUT2D eigenvalue weighted by Gasteiger charge is 2.63. The van der Waals surface area contributed by atoms with Crippen molar-refractivity contribution in [3.63, 3.8) is 0 Å². The molecule has 0 unspecified atom stereocenters. The number of carboxylic acid groups (broad SMARTS) is 1. The molecule has 9 heterocycles. The molecule has 9 rings (SSSR count). The van der Waals surface area contributed by atoms with Gasteiger partial charge in [0, 0.05) is 34.1 Å². The third-order valence-electron chi connectivity index (χ3n) is 22.3.